The molecule has 0 bridgehead atoms. The van der Waals surface area contributed by atoms with Crippen LogP contribution < -0.4 is 4.90 Å². The Kier molecular flexibility index (Phi) is 3.39. The van der Waals surface area contributed by atoms with Gasteiger partial charge in [0.25, 0.3) is 5.69 Å². The van der Waals surface area contributed by atoms with Gasteiger partial charge in [-0.05, 0) is 12.8 Å². The molecule has 0 radical (unpaired) electrons. The summed E-state index contributed by atoms with van der Waals surface area (Å²) in [5.41, 5.74) is -0.0360. The van der Waals surface area contributed by atoms with Crippen molar-refractivity contribution in [2.75, 3.05) is 18.0 Å². The Labute approximate surface area is 103 Å². The minimum atomic E-state index is -0.581. The number of pyridine rings is 1. The molecular weight excluding hydrogens is 236 g/mol. The summed E-state index contributed by atoms with van der Waals surface area (Å²) in [6.45, 7) is 1.09. The Morgan fingerprint density at radius 3 is 3.06 bits per heavy atom. The monoisotopic (exact) mass is 248 g/mol. The van der Waals surface area contributed by atoms with Crippen LogP contribution in [0, 0.1) is 21.4 Å². The molecule has 0 saturated carbocycles. The molecule has 1 N–H and O–H groups in total. The van der Waals surface area contributed by atoms with Crippen LogP contribution in [0.2, 0.25) is 0 Å². The van der Waals surface area contributed by atoms with Crippen LogP contribution in [-0.2, 0) is 0 Å². The van der Waals surface area contributed by atoms with Crippen molar-refractivity contribution in [2.24, 2.45) is 0 Å². The van der Waals surface area contributed by atoms with Crippen LogP contribution in [0.4, 0.5) is 11.5 Å². The fourth-order valence-corrected chi connectivity index (χ4v) is 2.03. The van der Waals surface area contributed by atoms with Gasteiger partial charge in [-0.2, -0.15) is 5.26 Å². The number of nitro groups is 1. The molecule has 1 atom stereocenters. The lowest BCUT2D eigenvalue weighted by atomic mass is 10.1. The Morgan fingerprint density at radius 2 is 2.44 bits per heavy atom. The fourth-order valence-electron chi connectivity index (χ4n) is 2.03. The van der Waals surface area contributed by atoms with Gasteiger partial charge in [0, 0.05) is 19.2 Å². The van der Waals surface area contributed by atoms with E-state index in [1.165, 1.54) is 6.07 Å². The third-order valence-electron chi connectivity index (χ3n) is 2.88. The number of aliphatic hydroxyl groups is 1. The van der Waals surface area contributed by atoms with E-state index in [2.05, 4.69) is 4.98 Å². The number of nitrogens with zero attached hydrogens (tertiary/aromatic N) is 4. The molecule has 1 aliphatic heterocycles. The molecule has 0 aliphatic carbocycles. The molecule has 94 valence electrons. The maximum absolute atomic E-state index is 10.6. The lowest BCUT2D eigenvalue weighted by Gasteiger charge is -2.31. The van der Waals surface area contributed by atoms with E-state index in [1.807, 2.05) is 6.07 Å². The molecule has 1 saturated heterocycles. The van der Waals surface area contributed by atoms with E-state index in [1.54, 1.807) is 4.90 Å². The maximum Gasteiger partial charge on any atom is 0.289 e. The second-order valence-electron chi connectivity index (χ2n) is 4.18. The zero-order chi connectivity index (χ0) is 13.1. The standard InChI is InChI=1S/C11H12N4O3/c12-5-8-4-9(15(17)18)6-13-11(8)14-3-1-2-10(16)7-14/h4,6,10,16H,1-3,7H2. The minimum absolute atomic E-state index is 0.165. The number of β-amino-alcohol motifs (C(OH)–C–C–N with tert-alkyl or cyclic N) is 1. The van der Waals surface area contributed by atoms with Crippen molar-refractivity contribution in [3.8, 4) is 6.07 Å². The number of anilines is 1. The number of nitriles is 1. The molecule has 7 heteroatoms. The van der Waals surface area contributed by atoms with Gasteiger partial charge in [-0.15, -0.1) is 0 Å². The normalized spacial score (nSPS) is 19.3. The average Bonchev–Trinajstić information content (AvgIpc) is 2.37. The van der Waals surface area contributed by atoms with Crippen LogP contribution in [0.3, 0.4) is 0 Å². The first-order chi connectivity index (χ1) is 8.61. The molecule has 1 fully saturated rings. The molecule has 1 unspecified atom stereocenters. The first kappa shape index (κ1) is 12.3. The number of aliphatic hydroxyl groups excluding tert-OH is 1. The number of aromatic nitrogens is 1. The summed E-state index contributed by atoms with van der Waals surface area (Å²) >= 11 is 0. The SMILES string of the molecule is N#Cc1cc([N+](=O)[O-])cnc1N1CCCC(O)C1. The highest BCUT2D eigenvalue weighted by Crippen LogP contribution is 2.24. The Morgan fingerprint density at radius 1 is 1.67 bits per heavy atom. The minimum Gasteiger partial charge on any atom is -0.391 e. The highest BCUT2D eigenvalue weighted by Gasteiger charge is 2.22. The van der Waals surface area contributed by atoms with Crippen LogP contribution in [0.1, 0.15) is 18.4 Å². The molecule has 18 heavy (non-hydrogen) atoms. The van der Waals surface area contributed by atoms with Crippen molar-refractivity contribution in [3.63, 3.8) is 0 Å². The number of piperidine rings is 1. The van der Waals surface area contributed by atoms with Crippen molar-refractivity contribution in [1.29, 1.82) is 5.26 Å². The van der Waals surface area contributed by atoms with Gasteiger partial charge in [0.2, 0.25) is 0 Å². The third-order valence-corrected chi connectivity index (χ3v) is 2.88. The van der Waals surface area contributed by atoms with Crippen molar-refractivity contribution >= 4 is 11.5 Å². The second kappa shape index (κ2) is 4.98. The van der Waals surface area contributed by atoms with Gasteiger partial charge in [-0.25, -0.2) is 4.98 Å². The topological polar surface area (TPSA) is 103 Å². The summed E-state index contributed by atoms with van der Waals surface area (Å²) in [5, 5.41) is 29.2. The lowest BCUT2D eigenvalue weighted by molar-refractivity contribution is -0.385. The van der Waals surface area contributed by atoms with Crippen molar-refractivity contribution < 1.29 is 10.0 Å². The largest absolute Gasteiger partial charge is 0.391 e. The van der Waals surface area contributed by atoms with Crippen LogP contribution in [0.25, 0.3) is 0 Å². The summed E-state index contributed by atoms with van der Waals surface area (Å²) in [7, 11) is 0. The van der Waals surface area contributed by atoms with Crippen molar-refractivity contribution in [1.82, 2.24) is 4.98 Å². The van der Waals surface area contributed by atoms with Gasteiger partial charge in [0.1, 0.15) is 23.6 Å². The second-order valence-corrected chi connectivity index (χ2v) is 4.18. The average molecular weight is 248 g/mol. The van der Waals surface area contributed by atoms with E-state index in [4.69, 9.17) is 5.26 Å². The first-order valence-corrected chi connectivity index (χ1v) is 5.59. The molecule has 1 aromatic heterocycles. The molecule has 0 amide bonds. The predicted molar refractivity (Wildman–Crippen MR) is 63.1 cm³/mol. The molecule has 7 nitrogen and oxygen atoms in total. The predicted octanol–water partition coefficient (Wildman–Crippen LogP) is 0.823. The lowest BCUT2D eigenvalue weighted by Crippen LogP contribution is -2.39. The van der Waals surface area contributed by atoms with Crippen LogP contribution in [-0.4, -0.2) is 34.2 Å². The summed E-state index contributed by atoms with van der Waals surface area (Å²) in [5.74, 6) is 0.404. The van der Waals surface area contributed by atoms with Gasteiger partial charge in [-0.1, -0.05) is 0 Å². The smallest absolute Gasteiger partial charge is 0.289 e. The van der Waals surface area contributed by atoms with E-state index < -0.39 is 11.0 Å². The van der Waals surface area contributed by atoms with Crippen LogP contribution in [0.15, 0.2) is 12.3 Å². The Hall–Kier alpha value is -2.20. The summed E-state index contributed by atoms with van der Waals surface area (Å²) < 4.78 is 0. The van der Waals surface area contributed by atoms with Gasteiger partial charge in [0.05, 0.1) is 11.0 Å². The van der Waals surface area contributed by atoms with Crippen LogP contribution >= 0.6 is 0 Å². The van der Waals surface area contributed by atoms with E-state index in [-0.39, 0.29) is 11.3 Å². The Balaban J connectivity index is 2.33. The first-order valence-electron chi connectivity index (χ1n) is 5.59. The highest BCUT2D eigenvalue weighted by molar-refractivity contribution is 5.57. The maximum atomic E-state index is 10.6. The van der Waals surface area contributed by atoms with Gasteiger partial charge >= 0.3 is 0 Å². The highest BCUT2D eigenvalue weighted by atomic mass is 16.6. The Bertz CT molecular complexity index is 512. The van der Waals surface area contributed by atoms with E-state index in [0.717, 1.165) is 19.0 Å². The molecule has 2 rings (SSSR count). The van der Waals surface area contributed by atoms with Gasteiger partial charge in [0.15, 0.2) is 0 Å². The van der Waals surface area contributed by atoms with Crippen molar-refractivity contribution in [2.45, 2.75) is 18.9 Å². The zero-order valence-corrected chi connectivity index (χ0v) is 9.61. The summed E-state index contributed by atoms with van der Waals surface area (Å²) in [6.07, 6.45) is 2.23. The molecule has 1 aliphatic rings. The van der Waals surface area contributed by atoms with Gasteiger partial charge in [-0.3, -0.25) is 10.1 Å². The van der Waals surface area contributed by atoms with Crippen LogP contribution in [0.5, 0.6) is 0 Å². The number of hydrogen-bond donors (Lipinski definition) is 1. The molecule has 1 aromatic rings. The molecule has 0 aromatic carbocycles. The molecule has 2 heterocycles. The summed E-state index contributed by atoms with van der Waals surface area (Å²) in [4.78, 5) is 15.8. The van der Waals surface area contributed by atoms with E-state index >= 15 is 0 Å². The molecule has 0 spiro atoms. The number of hydrogen-bond acceptors (Lipinski definition) is 6. The zero-order valence-electron chi connectivity index (χ0n) is 9.61. The van der Waals surface area contributed by atoms with Gasteiger partial charge < -0.3 is 10.0 Å². The summed E-state index contributed by atoms with van der Waals surface area (Å²) in [6, 6.07) is 3.12. The third kappa shape index (κ3) is 2.38. The van der Waals surface area contributed by atoms with E-state index in [0.29, 0.717) is 18.9 Å². The van der Waals surface area contributed by atoms with E-state index in [9.17, 15) is 15.2 Å². The molecular formula is C11H12N4O3. The fraction of sp³-hybridized carbons (Fsp3) is 0.455. The quantitative estimate of drug-likeness (QED) is 0.614. The van der Waals surface area contributed by atoms with Crippen molar-refractivity contribution in [3.05, 3.63) is 27.9 Å². The number of rotatable bonds is 2.